The van der Waals surface area contributed by atoms with Crippen molar-refractivity contribution in [2.24, 2.45) is 11.8 Å². The number of benzene rings is 1. The van der Waals surface area contributed by atoms with Gasteiger partial charge in [0.1, 0.15) is 23.5 Å². The number of carbonyl (C=O) groups is 1. The summed E-state index contributed by atoms with van der Waals surface area (Å²) in [5.41, 5.74) is 0.962. The van der Waals surface area contributed by atoms with Crippen molar-refractivity contribution in [3.8, 4) is 5.75 Å². The van der Waals surface area contributed by atoms with Crippen molar-refractivity contribution in [2.45, 2.75) is 38.5 Å². The minimum absolute atomic E-state index is 0.0614. The number of aromatic nitrogens is 1. The van der Waals surface area contributed by atoms with Crippen molar-refractivity contribution in [2.75, 3.05) is 18.0 Å². The Kier molecular flexibility index (Phi) is 5.67. The first-order valence-corrected chi connectivity index (χ1v) is 10.0. The zero-order valence-electron chi connectivity index (χ0n) is 16.4. The van der Waals surface area contributed by atoms with Crippen molar-refractivity contribution in [3.05, 3.63) is 54.0 Å². The molecule has 7 heteroatoms. The molecule has 1 amide bonds. The number of rotatable bonds is 5. The van der Waals surface area contributed by atoms with Crippen LogP contribution in [0, 0.1) is 17.7 Å². The van der Waals surface area contributed by atoms with Gasteiger partial charge in [0.05, 0.1) is 6.10 Å². The van der Waals surface area contributed by atoms with E-state index in [2.05, 4.69) is 15.2 Å². The first-order chi connectivity index (χ1) is 14.0. The molecule has 0 bridgehead atoms. The van der Waals surface area contributed by atoms with Gasteiger partial charge in [-0.1, -0.05) is 6.07 Å². The minimum Gasteiger partial charge on any atom is -0.488 e. The third kappa shape index (κ3) is 4.67. The van der Waals surface area contributed by atoms with Crippen molar-refractivity contribution in [3.63, 3.8) is 0 Å². The number of nitrogens with one attached hydrogen (secondary N) is 1. The lowest BCUT2D eigenvalue weighted by Crippen LogP contribution is -2.42. The SMILES string of the molecule is CC(=O)NCc1ccc(N2C[C@H]3C[C@@H](Oc4ccc(F)cc4)[C@H](O)C[C@H]3C2)nc1. The van der Waals surface area contributed by atoms with Crippen molar-refractivity contribution in [1.29, 1.82) is 0 Å². The van der Waals surface area contributed by atoms with Gasteiger partial charge in [0.15, 0.2) is 0 Å². The molecule has 29 heavy (non-hydrogen) atoms. The summed E-state index contributed by atoms with van der Waals surface area (Å²) in [5.74, 6) is 1.96. The van der Waals surface area contributed by atoms with Crippen LogP contribution in [0.1, 0.15) is 25.3 Å². The van der Waals surface area contributed by atoms with Crippen LogP contribution in [0.25, 0.3) is 0 Å². The van der Waals surface area contributed by atoms with E-state index in [0.29, 0.717) is 30.6 Å². The van der Waals surface area contributed by atoms with Gasteiger partial charge in [-0.2, -0.15) is 0 Å². The maximum absolute atomic E-state index is 13.1. The van der Waals surface area contributed by atoms with E-state index >= 15 is 0 Å². The van der Waals surface area contributed by atoms with Gasteiger partial charge in [0, 0.05) is 32.8 Å². The van der Waals surface area contributed by atoms with Gasteiger partial charge in [0.25, 0.3) is 0 Å². The predicted octanol–water partition coefficient (Wildman–Crippen LogP) is 2.51. The Balaban J connectivity index is 1.37. The van der Waals surface area contributed by atoms with E-state index in [1.807, 2.05) is 12.1 Å². The molecule has 2 heterocycles. The lowest BCUT2D eigenvalue weighted by Gasteiger charge is -2.35. The van der Waals surface area contributed by atoms with E-state index in [4.69, 9.17) is 4.74 Å². The monoisotopic (exact) mass is 399 g/mol. The molecule has 4 atom stereocenters. The van der Waals surface area contributed by atoms with Gasteiger partial charge in [-0.25, -0.2) is 9.37 Å². The number of anilines is 1. The summed E-state index contributed by atoms with van der Waals surface area (Å²) in [7, 11) is 0. The van der Waals surface area contributed by atoms with Gasteiger partial charge in [-0.3, -0.25) is 4.79 Å². The highest BCUT2D eigenvalue weighted by atomic mass is 19.1. The number of aliphatic hydroxyl groups is 1. The quantitative estimate of drug-likeness (QED) is 0.808. The van der Waals surface area contributed by atoms with E-state index in [0.717, 1.165) is 30.9 Å². The maximum atomic E-state index is 13.1. The minimum atomic E-state index is -0.533. The first kappa shape index (κ1) is 19.6. The number of carbonyl (C=O) groups excluding carboxylic acids is 1. The van der Waals surface area contributed by atoms with Gasteiger partial charge in [-0.05, 0) is 60.6 Å². The standard InChI is InChI=1S/C22H26FN3O3/c1-14(27)24-10-15-2-7-22(25-11-15)26-12-16-8-20(28)21(9-17(16)13-26)29-19-5-3-18(23)4-6-19/h2-7,11,16-17,20-21,28H,8-10,12-13H2,1H3,(H,24,27)/t16-,17+,20+,21+/m0/s1. The highest BCUT2D eigenvalue weighted by Gasteiger charge is 2.43. The lowest BCUT2D eigenvalue weighted by molar-refractivity contribution is -0.119. The summed E-state index contributed by atoms with van der Waals surface area (Å²) in [6.45, 7) is 3.71. The van der Waals surface area contributed by atoms with E-state index in [-0.39, 0.29) is 17.8 Å². The molecule has 2 aromatic rings. The number of fused-ring (bicyclic) bond motifs is 1. The summed E-state index contributed by atoms with van der Waals surface area (Å²) in [6, 6.07) is 9.90. The molecule has 0 radical (unpaired) electrons. The molecule has 1 aromatic heterocycles. The van der Waals surface area contributed by atoms with Gasteiger partial charge in [-0.15, -0.1) is 0 Å². The summed E-state index contributed by atoms with van der Waals surface area (Å²) >= 11 is 0. The van der Waals surface area contributed by atoms with Crippen LogP contribution in [0.15, 0.2) is 42.6 Å². The van der Waals surface area contributed by atoms with Gasteiger partial charge in [0.2, 0.25) is 5.91 Å². The molecular formula is C22H26FN3O3. The Morgan fingerprint density at radius 1 is 1.21 bits per heavy atom. The molecule has 1 aliphatic heterocycles. The van der Waals surface area contributed by atoms with E-state index in [1.54, 1.807) is 18.3 Å². The van der Waals surface area contributed by atoms with Gasteiger partial charge >= 0.3 is 0 Å². The first-order valence-electron chi connectivity index (χ1n) is 10.0. The highest BCUT2D eigenvalue weighted by molar-refractivity contribution is 5.72. The van der Waals surface area contributed by atoms with Crippen LogP contribution >= 0.6 is 0 Å². The van der Waals surface area contributed by atoms with Crippen LogP contribution < -0.4 is 15.0 Å². The van der Waals surface area contributed by atoms with Crippen LogP contribution in [0.3, 0.4) is 0 Å². The number of aliphatic hydroxyl groups excluding tert-OH is 1. The third-order valence-electron chi connectivity index (χ3n) is 5.86. The third-order valence-corrected chi connectivity index (χ3v) is 5.86. The van der Waals surface area contributed by atoms with Gasteiger partial charge < -0.3 is 20.1 Å². The molecule has 4 rings (SSSR count). The van der Waals surface area contributed by atoms with Crippen LogP contribution in [0.4, 0.5) is 10.2 Å². The Hall–Kier alpha value is -2.67. The van der Waals surface area contributed by atoms with Crippen LogP contribution in [0.2, 0.25) is 0 Å². The number of ether oxygens (including phenoxy) is 1. The van der Waals surface area contributed by atoms with Crippen molar-refractivity contribution < 1.29 is 19.0 Å². The number of amides is 1. The highest BCUT2D eigenvalue weighted by Crippen LogP contribution is 2.39. The van der Waals surface area contributed by atoms with E-state index in [9.17, 15) is 14.3 Å². The van der Waals surface area contributed by atoms with Crippen molar-refractivity contribution in [1.82, 2.24) is 10.3 Å². The average Bonchev–Trinajstić information content (AvgIpc) is 3.11. The van der Waals surface area contributed by atoms with Crippen LogP contribution in [-0.4, -0.2) is 41.3 Å². The summed E-state index contributed by atoms with van der Waals surface area (Å²) < 4.78 is 19.0. The normalized spacial score (nSPS) is 26.1. The molecule has 0 spiro atoms. The molecule has 2 fully saturated rings. The molecule has 1 saturated heterocycles. The fraction of sp³-hybridized carbons (Fsp3) is 0.455. The molecule has 2 aliphatic rings. The average molecular weight is 399 g/mol. The number of hydrogen-bond acceptors (Lipinski definition) is 5. The predicted molar refractivity (Wildman–Crippen MR) is 107 cm³/mol. The largest absolute Gasteiger partial charge is 0.488 e. The topological polar surface area (TPSA) is 74.7 Å². The fourth-order valence-corrected chi connectivity index (χ4v) is 4.33. The molecule has 0 unspecified atom stereocenters. The summed E-state index contributed by atoms with van der Waals surface area (Å²) in [5, 5.41) is 13.3. The maximum Gasteiger partial charge on any atom is 0.217 e. The molecule has 2 N–H and O–H groups in total. The molecule has 154 valence electrons. The van der Waals surface area contributed by atoms with E-state index < -0.39 is 6.10 Å². The Labute approximate surface area is 169 Å². The fourth-order valence-electron chi connectivity index (χ4n) is 4.33. The Morgan fingerprint density at radius 2 is 1.93 bits per heavy atom. The molecule has 6 nitrogen and oxygen atoms in total. The second-order valence-electron chi connectivity index (χ2n) is 8.01. The summed E-state index contributed by atoms with van der Waals surface area (Å²) in [4.78, 5) is 17.8. The van der Waals surface area contributed by atoms with E-state index in [1.165, 1.54) is 19.1 Å². The summed E-state index contributed by atoms with van der Waals surface area (Å²) in [6.07, 6.45) is 2.43. The second-order valence-corrected chi connectivity index (χ2v) is 8.01. The zero-order valence-corrected chi connectivity index (χ0v) is 16.4. The Bertz CT molecular complexity index is 843. The number of halogens is 1. The molecule has 1 aromatic carbocycles. The zero-order chi connectivity index (χ0) is 20.4. The van der Waals surface area contributed by atoms with Crippen molar-refractivity contribution >= 4 is 11.7 Å². The van der Waals surface area contributed by atoms with Crippen LogP contribution in [0.5, 0.6) is 5.75 Å². The Morgan fingerprint density at radius 3 is 2.59 bits per heavy atom. The molecular weight excluding hydrogens is 373 g/mol. The molecule has 1 aliphatic carbocycles. The number of hydrogen-bond donors (Lipinski definition) is 2. The number of nitrogens with zero attached hydrogens (tertiary/aromatic N) is 2. The van der Waals surface area contributed by atoms with Crippen LogP contribution in [-0.2, 0) is 11.3 Å². The number of pyridine rings is 1. The smallest absolute Gasteiger partial charge is 0.217 e. The molecule has 1 saturated carbocycles. The lowest BCUT2D eigenvalue weighted by atomic mass is 9.78. The second kappa shape index (κ2) is 8.37.